The molecule has 5 nitrogen and oxygen atoms in total. The smallest absolute Gasteiger partial charge is 0.0790 e. The molecule has 2 rings (SSSR count). The summed E-state index contributed by atoms with van der Waals surface area (Å²) < 4.78 is 6.32. The van der Waals surface area contributed by atoms with Gasteiger partial charge in [-0.3, -0.25) is 4.90 Å². The van der Waals surface area contributed by atoms with Gasteiger partial charge in [-0.25, -0.2) is 0 Å². The summed E-state index contributed by atoms with van der Waals surface area (Å²) >= 11 is 0. The summed E-state index contributed by atoms with van der Waals surface area (Å²) in [5, 5.41) is 12.5. The Hall–Kier alpha value is -0.200. The molecule has 2 N–H and O–H groups in total. The molecule has 0 aromatic carbocycles. The normalized spacial score (nSPS) is 33.4. The van der Waals surface area contributed by atoms with Crippen LogP contribution in [0.2, 0.25) is 0 Å². The number of ether oxygens (including phenoxy) is 1. The lowest BCUT2D eigenvalue weighted by Crippen LogP contribution is -2.53. The van der Waals surface area contributed by atoms with Crippen LogP contribution in [0.3, 0.4) is 0 Å². The third kappa shape index (κ3) is 3.77. The Bertz CT molecular complexity index is 338. The topological polar surface area (TPSA) is 48.0 Å². The largest absolute Gasteiger partial charge is 0.395 e. The highest BCUT2D eigenvalue weighted by molar-refractivity contribution is 5.05. The second-order valence-corrected chi connectivity index (χ2v) is 7.55. The predicted molar refractivity (Wildman–Crippen MR) is 85.5 cm³/mol. The van der Waals surface area contributed by atoms with Gasteiger partial charge in [-0.1, -0.05) is 0 Å². The maximum Gasteiger partial charge on any atom is 0.0790 e. The molecule has 124 valence electrons. The Morgan fingerprint density at radius 2 is 1.62 bits per heavy atom. The highest BCUT2D eigenvalue weighted by atomic mass is 16.5. The molecule has 0 aromatic heterocycles. The van der Waals surface area contributed by atoms with Gasteiger partial charge in [0.1, 0.15) is 0 Å². The van der Waals surface area contributed by atoms with Gasteiger partial charge in [-0.15, -0.1) is 0 Å². The standard InChI is InChI=1S/C16H33N3O2/c1-15(2)13(14(17-5)16(3,4)21-15)12-19-8-6-18(7-9-19)10-11-20/h13-14,17,20H,6-12H2,1-5H3. The Morgan fingerprint density at radius 1 is 1.05 bits per heavy atom. The van der Waals surface area contributed by atoms with Gasteiger partial charge < -0.3 is 20.1 Å². The molecular weight excluding hydrogens is 266 g/mol. The van der Waals surface area contributed by atoms with Gasteiger partial charge in [-0.05, 0) is 34.7 Å². The van der Waals surface area contributed by atoms with Crippen LogP contribution in [0.4, 0.5) is 0 Å². The Kier molecular flexibility index (Phi) is 5.31. The molecule has 21 heavy (non-hydrogen) atoms. The first-order valence-electron chi connectivity index (χ1n) is 8.23. The van der Waals surface area contributed by atoms with Crippen molar-refractivity contribution in [1.82, 2.24) is 15.1 Å². The third-order valence-electron chi connectivity index (χ3n) is 5.22. The second kappa shape index (κ2) is 6.50. The maximum atomic E-state index is 9.03. The number of rotatable bonds is 5. The number of hydrogen-bond acceptors (Lipinski definition) is 5. The first-order valence-corrected chi connectivity index (χ1v) is 8.23. The summed E-state index contributed by atoms with van der Waals surface area (Å²) in [4.78, 5) is 4.89. The molecule has 0 saturated carbocycles. The van der Waals surface area contributed by atoms with Crippen LogP contribution < -0.4 is 5.32 Å². The molecule has 0 amide bonds. The van der Waals surface area contributed by atoms with E-state index in [1.54, 1.807) is 0 Å². The van der Waals surface area contributed by atoms with E-state index in [9.17, 15) is 0 Å². The van der Waals surface area contributed by atoms with E-state index in [1.807, 2.05) is 7.05 Å². The van der Waals surface area contributed by atoms with Crippen LogP contribution in [-0.2, 0) is 4.74 Å². The zero-order chi connectivity index (χ0) is 15.7. The minimum Gasteiger partial charge on any atom is -0.395 e. The van der Waals surface area contributed by atoms with E-state index >= 15 is 0 Å². The van der Waals surface area contributed by atoms with Gasteiger partial charge in [0.05, 0.1) is 17.8 Å². The lowest BCUT2D eigenvalue weighted by Gasteiger charge is -2.39. The third-order valence-corrected chi connectivity index (χ3v) is 5.22. The molecule has 2 aliphatic heterocycles. The molecule has 0 aromatic rings. The molecule has 2 saturated heterocycles. The van der Waals surface area contributed by atoms with E-state index in [-0.39, 0.29) is 17.8 Å². The van der Waals surface area contributed by atoms with Crippen molar-refractivity contribution in [1.29, 1.82) is 0 Å². The lowest BCUT2D eigenvalue weighted by molar-refractivity contribution is -0.0800. The van der Waals surface area contributed by atoms with Crippen molar-refractivity contribution >= 4 is 0 Å². The van der Waals surface area contributed by atoms with E-state index in [4.69, 9.17) is 9.84 Å². The monoisotopic (exact) mass is 299 g/mol. The molecule has 2 fully saturated rings. The fourth-order valence-electron chi connectivity index (χ4n) is 4.19. The number of β-amino-alcohol motifs (C(OH)–C–C–N with tert-alkyl or cyclic N) is 1. The number of likely N-dealkylation sites (N-methyl/N-ethyl adjacent to an activating group) is 1. The van der Waals surface area contributed by atoms with E-state index in [2.05, 4.69) is 42.8 Å². The Morgan fingerprint density at radius 3 is 2.14 bits per heavy atom. The minimum absolute atomic E-state index is 0.0978. The van der Waals surface area contributed by atoms with Gasteiger partial charge in [0.25, 0.3) is 0 Å². The molecule has 2 unspecified atom stereocenters. The minimum atomic E-state index is -0.123. The van der Waals surface area contributed by atoms with Gasteiger partial charge in [0, 0.05) is 51.2 Å². The fourth-order valence-corrected chi connectivity index (χ4v) is 4.19. The zero-order valence-electron chi connectivity index (χ0n) is 14.4. The van der Waals surface area contributed by atoms with E-state index < -0.39 is 0 Å². The number of nitrogens with one attached hydrogen (secondary N) is 1. The molecule has 0 spiro atoms. The quantitative estimate of drug-likeness (QED) is 0.769. The van der Waals surface area contributed by atoms with Crippen molar-refractivity contribution in [2.75, 3.05) is 52.9 Å². The van der Waals surface area contributed by atoms with Crippen LogP contribution in [0.15, 0.2) is 0 Å². The molecule has 0 aliphatic carbocycles. The van der Waals surface area contributed by atoms with Crippen LogP contribution >= 0.6 is 0 Å². The van der Waals surface area contributed by atoms with Crippen LogP contribution in [0.1, 0.15) is 27.7 Å². The van der Waals surface area contributed by atoms with E-state index in [0.717, 1.165) is 39.3 Å². The van der Waals surface area contributed by atoms with Crippen molar-refractivity contribution in [3.05, 3.63) is 0 Å². The van der Waals surface area contributed by atoms with Crippen molar-refractivity contribution in [3.63, 3.8) is 0 Å². The number of aliphatic hydroxyl groups is 1. The second-order valence-electron chi connectivity index (χ2n) is 7.55. The summed E-state index contributed by atoms with van der Waals surface area (Å²) in [5.74, 6) is 0.488. The summed E-state index contributed by atoms with van der Waals surface area (Å²) in [6.45, 7) is 15.3. The van der Waals surface area contributed by atoms with Crippen LogP contribution in [-0.4, -0.2) is 85.1 Å². The van der Waals surface area contributed by atoms with Gasteiger partial charge in [0.15, 0.2) is 0 Å². The maximum absolute atomic E-state index is 9.03. The summed E-state index contributed by atoms with van der Waals surface area (Å²) in [5.41, 5.74) is -0.221. The number of piperazine rings is 1. The molecule has 2 aliphatic rings. The fraction of sp³-hybridized carbons (Fsp3) is 1.00. The molecule has 0 radical (unpaired) electrons. The number of hydrogen-bond donors (Lipinski definition) is 2. The Balaban J connectivity index is 1.95. The Labute approximate surface area is 129 Å². The van der Waals surface area contributed by atoms with Gasteiger partial charge in [0.2, 0.25) is 0 Å². The molecular formula is C16H33N3O2. The lowest BCUT2D eigenvalue weighted by atomic mass is 9.82. The first kappa shape index (κ1) is 17.2. The molecule has 2 heterocycles. The number of nitrogens with zero attached hydrogens (tertiary/aromatic N) is 2. The van der Waals surface area contributed by atoms with Gasteiger partial charge >= 0.3 is 0 Å². The van der Waals surface area contributed by atoms with Crippen LogP contribution in [0.5, 0.6) is 0 Å². The molecule has 2 atom stereocenters. The number of aliphatic hydroxyl groups excluding tert-OH is 1. The highest BCUT2D eigenvalue weighted by Crippen LogP contribution is 2.42. The summed E-state index contributed by atoms with van der Waals surface area (Å²) in [7, 11) is 2.05. The average Bonchev–Trinajstić information content (AvgIpc) is 2.56. The van der Waals surface area contributed by atoms with Crippen molar-refractivity contribution in [2.24, 2.45) is 5.92 Å². The average molecular weight is 299 g/mol. The molecule has 0 bridgehead atoms. The van der Waals surface area contributed by atoms with Gasteiger partial charge in [-0.2, -0.15) is 0 Å². The SMILES string of the molecule is CNC1C(CN2CCN(CCO)CC2)C(C)(C)OC1(C)C. The van der Waals surface area contributed by atoms with E-state index in [0.29, 0.717) is 12.0 Å². The zero-order valence-corrected chi connectivity index (χ0v) is 14.4. The first-order chi connectivity index (χ1) is 9.80. The predicted octanol–water partition coefficient (Wildman–Crippen LogP) is 0.388. The highest BCUT2D eigenvalue weighted by Gasteiger charge is 2.53. The summed E-state index contributed by atoms with van der Waals surface area (Å²) in [6, 6.07) is 0.378. The summed E-state index contributed by atoms with van der Waals surface area (Å²) in [6.07, 6.45) is 0. The van der Waals surface area contributed by atoms with Crippen molar-refractivity contribution in [3.8, 4) is 0 Å². The van der Waals surface area contributed by atoms with Crippen LogP contribution in [0, 0.1) is 5.92 Å². The van der Waals surface area contributed by atoms with Crippen molar-refractivity contribution < 1.29 is 9.84 Å². The molecule has 5 heteroatoms. The van der Waals surface area contributed by atoms with Crippen LogP contribution in [0.25, 0.3) is 0 Å². The van der Waals surface area contributed by atoms with E-state index in [1.165, 1.54) is 0 Å². The van der Waals surface area contributed by atoms with Crippen molar-refractivity contribution in [2.45, 2.75) is 44.9 Å².